The van der Waals surface area contributed by atoms with E-state index < -0.39 is 0 Å². The molecule has 1 aliphatic carbocycles. The van der Waals surface area contributed by atoms with Crippen molar-refractivity contribution in [3.63, 3.8) is 0 Å². The van der Waals surface area contributed by atoms with Crippen molar-refractivity contribution in [2.45, 2.75) is 70.8 Å². The van der Waals surface area contributed by atoms with Crippen LogP contribution in [-0.2, 0) is 0 Å². The van der Waals surface area contributed by atoms with Crippen LogP contribution in [0.3, 0.4) is 0 Å². The highest BCUT2D eigenvalue weighted by Crippen LogP contribution is 2.27. The summed E-state index contributed by atoms with van der Waals surface area (Å²) in [5.41, 5.74) is 0. The number of aliphatic hydroxyl groups is 1. The molecule has 122 valence electrons. The molecule has 0 radical (unpaired) electrons. The predicted molar refractivity (Wildman–Crippen MR) is 85.2 cm³/mol. The summed E-state index contributed by atoms with van der Waals surface area (Å²) in [5.74, 6) is 1.26. The molecule has 0 aromatic heterocycles. The van der Waals surface area contributed by atoms with Crippen LogP contribution < -0.4 is 5.32 Å². The molecule has 1 saturated heterocycles. The summed E-state index contributed by atoms with van der Waals surface area (Å²) in [7, 11) is 0. The summed E-state index contributed by atoms with van der Waals surface area (Å²) in [6.07, 6.45) is 11.0. The quantitative estimate of drug-likeness (QED) is 0.766. The van der Waals surface area contributed by atoms with Gasteiger partial charge in [0.05, 0.1) is 6.10 Å². The van der Waals surface area contributed by atoms with Gasteiger partial charge in [-0.2, -0.15) is 0 Å². The third-order valence-electron chi connectivity index (χ3n) is 5.30. The van der Waals surface area contributed by atoms with E-state index in [1.54, 1.807) is 0 Å². The van der Waals surface area contributed by atoms with E-state index >= 15 is 0 Å². The maximum atomic E-state index is 12.1. The Balaban J connectivity index is 1.55. The van der Waals surface area contributed by atoms with Gasteiger partial charge in [0.25, 0.3) is 0 Å². The number of urea groups is 1. The van der Waals surface area contributed by atoms with Crippen LogP contribution in [0.15, 0.2) is 0 Å². The summed E-state index contributed by atoms with van der Waals surface area (Å²) in [5, 5.41) is 12.6. The Hall–Kier alpha value is -0.770. The van der Waals surface area contributed by atoms with Gasteiger partial charge in [-0.1, -0.05) is 32.1 Å². The highest BCUT2D eigenvalue weighted by molar-refractivity contribution is 5.74. The topological polar surface area (TPSA) is 52.6 Å². The van der Waals surface area contributed by atoms with Gasteiger partial charge in [-0.15, -0.1) is 0 Å². The Bertz CT molecular complexity index is 306. The molecule has 1 aliphatic heterocycles. The molecular formula is C17H32N2O2. The van der Waals surface area contributed by atoms with Crippen molar-refractivity contribution in [2.75, 3.05) is 19.6 Å². The van der Waals surface area contributed by atoms with Crippen molar-refractivity contribution in [3.05, 3.63) is 0 Å². The van der Waals surface area contributed by atoms with Gasteiger partial charge in [-0.3, -0.25) is 0 Å². The number of hydrogen-bond acceptors (Lipinski definition) is 2. The van der Waals surface area contributed by atoms with Gasteiger partial charge in [0.2, 0.25) is 0 Å². The van der Waals surface area contributed by atoms with Crippen molar-refractivity contribution in [1.82, 2.24) is 10.2 Å². The maximum Gasteiger partial charge on any atom is 0.317 e. The minimum atomic E-state index is -0.245. The number of aliphatic hydroxyl groups excluding tert-OH is 1. The molecule has 1 saturated carbocycles. The second kappa shape index (κ2) is 8.62. The summed E-state index contributed by atoms with van der Waals surface area (Å²) >= 11 is 0. The Morgan fingerprint density at radius 3 is 2.48 bits per heavy atom. The molecule has 2 fully saturated rings. The van der Waals surface area contributed by atoms with Gasteiger partial charge in [0, 0.05) is 19.6 Å². The normalized spacial score (nSPS) is 23.0. The number of nitrogens with zero attached hydrogens (tertiary/aromatic N) is 1. The lowest BCUT2D eigenvalue weighted by Gasteiger charge is -2.33. The van der Waals surface area contributed by atoms with Crippen molar-refractivity contribution >= 4 is 6.03 Å². The summed E-state index contributed by atoms with van der Waals surface area (Å²) in [6, 6.07) is 0.0858. The van der Waals surface area contributed by atoms with Crippen LogP contribution in [0.4, 0.5) is 4.79 Å². The number of nitrogens with one attached hydrogen (secondary N) is 1. The van der Waals surface area contributed by atoms with E-state index in [4.69, 9.17) is 0 Å². The Kier molecular flexibility index (Phi) is 6.81. The highest BCUT2D eigenvalue weighted by Gasteiger charge is 2.25. The van der Waals surface area contributed by atoms with Crippen molar-refractivity contribution in [1.29, 1.82) is 0 Å². The van der Waals surface area contributed by atoms with E-state index in [-0.39, 0.29) is 12.1 Å². The molecule has 2 aliphatic rings. The van der Waals surface area contributed by atoms with Crippen LogP contribution in [0.2, 0.25) is 0 Å². The van der Waals surface area contributed by atoms with Crippen molar-refractivity contribution in [3.8, 4) is 0 Å². The predicted octanol–water partition coefficient (Wildman–Crippen LogP) is 3.15. The molecule has 4 heteroatoms. The Morgan fingerprint density at radius 1 is 1.19 bits per heavy atom. The molecule has 0 aromatic rings. The zero-order chi connectivity index (χ0) is 15.1. The second-order valence-corrected chi connectivity index (χ2v) is 6.94. The molecule has 1 atom stereocenters. The van der Waals surface area contributed by atoms with Crippen LogP contribution in [0.5, 0.6) is 0 Å². The van der Waals surface area contributed by atoms with Gasteiger partial charge in [0.15, 0.2) is 0 Å². The molecule has 1 heterocycles. The fourth-order valence-electron chi connectivity index (χ4n) is 3.76. The lowest BCUT2D eigenvalue weighted by atomic mass is 9.86. The van der Waals surface area contributed by atoms with E-state index in [9.17, 15) is 9.90 Å². The molecular weight excluding hydrogens is 264 g/mol. The molecule has 21 heavy (non-hydrogen) atoms. The zero-order valence-corrected chi connectivity index (χ0v) is 13.5. The average Bonchev–Trinajstić information content (AvgIpc) is 2.52. The molecule has 2 rings (SSSR count). The molecule has 0 spiro atoms. The monoisotopic (exact) mass is 296 g/mol. The first kappa shape index (κ1) is 16.6. The highest BCUT2D eigenvalue weighted by atomic mass is 16.3. The number of rotatable bonds is 5. The summed E-state index contributed by atoms with van der Waals surface area (Å²) < 4.78 is 0. The average molecular weight is 296 g/mol. The molecule has 1 unspecified atom stereocenters. The molecule has 0 bridgehead atoms. The van der Waals surface area contributed by atoms with E-state index in [0.717, 1.165) is 44.8 Å². The summed E-state index contributed by atoms with van der Waals surface area (Å²) in [6.45, 7) is 4.23. The fraction of sp³-hybridized carbons (Fsp3) is 0.941. The van der Waals surface area contributed by atoms with Gasteiger partial charge < -0.3 is 15.3 Å². The van der Waals surface area contributed by atoms with E-state index in [2.05, 4.69) is 5.32 Å². The third kappa shape index (κ3) is 5.50. The van der Waals surface area contributed by atoms with Crippen LogP contribution in [0, 0.1) is 11.8 Å². The van der Waals surface area contributed by atoms with Crippen molar-refractivity contribution < 1.29 is 9.90 Å². The number of carbonyl (C=O) groups excluding carboxylic acids is 1. The minimum absolute atomic E-state index is 0.0858. The Labute approximate surface area is 129 Å². The number of carbonyl (C=O) groups is 1. The lowest BCUT2D eigenvalue weighted by molar-refractivity contribution is 0.0798. The van der Waals surface area contributed by atoms with Crippen LogP contribution in [-0.4, -0.2) is 41.8 Å². The van der Waals surface area contributed by atoms with Gasteiger partial charge >= 0.3 is 6.03 Å². The van der Waals surface area contributed by atoms with Gasteiger partial charge in [-0.25, -0.2) is 4.79 Å². The van der Waals surface area contributed by atoms with Crippen LogP contribution >= 0.6 is 0 Å². The standard InChI is InChI=1S/C17H32N2O2/c1-14(20)16-9-12-19(13-10-16)17(21)18-11-5-8-15-6-3-2-4-7-15/h14-16,20H,2-13H2,1H3,(H,18,21). The number of amides is 2. The lowest BCUT2D eigenvalue weighted by Crippen LogP contribution is -2.46. The van der Waals surface area contributed by atoms with Crippen molar-refractivity contribution in [2.24, 2.45) is 11.8 Å². The zero-order valence-electron chi connectivity index (χ0n) is 13.5. The van der Waals surface area contributed by atoms with E-state index in [1.807, 2.05) is 11.8 Å². The van der Waals surface area contributed by atoms with E-state index in [0.29, 0.717) is 5.92 Å². The van der Waals surface area contributed by atoms with Crippen LogP contribution in [0.1, 0.15) is 64.7 Å². The molecule has 0 aromatic carbocycles. The molecule has 4 nitrogen and oxygen atoms in total. The first-order chi connectivity index (χ1) is 10.2. The van der Waals surface area contributed by atoms with E-state index in [1.165, 1.54) is 38.5 Å². The maximum absolute atomic E-state index is 12.1. The smallest absolute Gasteiger partial charge is 0.317 e. The fourth-order valence-corrected chi connectivity index (χ4v) is 3.76. The van der Waals surface area contributed by atoms with Crippen LogP contribution in [0.25, 0.3) is 0 Å². The number of likely N-dealkylation sites (tertiary alicyclic amines) is 1. The largest absolute Gasteiger partial charge is 0.393 e. The minimum Gasteiger partial charge on any atom is -0.393 e. The number of hydrogen-bond donors (Lipinski definition) is 2. The first-order valence-electron chi connectivity index (χ1n) is 8.87. The third-order valence-corrected chi connectivity index (χ3v) is 5.30. The number of piperidine rings is 1. The van der Waals surface area contributed by atoms with Gasteiger partial charge in [0.1, 0.15) is 0 Å². The SMILES string of the molecule is CC(O)C1CCN(C(=O)NCCCC2CCCCC2)CC1. The summed E-state index contributed by atoms with van der Waals surface area (Å²) in [4.78, 5) is 14.0. The molecule has 2 N–H and O–H groups in total. The Morgan fingerprint density at radius 2 is 1.86 bits per heavy atom. The van der Waals surface area contributed by atoms with Gasteiger partial charge in [-0.05, 0) is 44.4 Å². The second-order valence-electron chi connectivity index (χ2n) is 6.94. The first-order valence-corrected chi connectivity index (χ1v) is 8.87. The molecule has 2 amide bonds.